The molecule has 0 bridgehead atoms. The molecule has 2 fully saturated rings. The van der Waals surface area contributed by atoms with Crippen molar-refractivity contribution in [3.8, 4) is 16.9 Å². The summed E-state index contributed by atoms with van der Waals surface area (Å²) in [6, 6.07) is 13.1. The minimum atomic E-state index is -3.94. The van der Waals surface area contributed by atoms with Crippen LogP contribution in [0.1, 0.15) is 32.1 Å². The molecule has 1 spiro atoms. The molecule has 34 heavy (non-hydrogen) atoms. The van der Waals surface area contributed by atoms with Crippen LogP contribution in [0.15, 0.2) is 53.4 Å². The van der Waals surface area contributed by atoms with Gasteiger partial charge in [0.1, 0.15) is 11.8 Å². The third kappa shape index (κ3) is 5.43. The van der Waals surface area contributed by atoms with Crippen LogP contribution in [0.4, 0.5) is 0 Å². The standard InChI is InChI=1S/C25H31NO7S/c1-30-21-8-4-18(5-9-21)19-6-10-22(11-7-19)34(28,29)26-23(24(27)31-2)20-12-14-25(15-13-20)32-16-3-17-33-25/h4-11,20,23,26H,3,12-17H2,1-2H3/t23-/m1/s1. The number of rotatable bonds is 7. The van der Waals surface area contributed by atoms with Crippen LogP contribution in [0.25, 0.3) is 11.1 Å². The van der Waals surface area contributed by atoms with E-state index in [9.17, 15) is 13.2 Å². The average Bonchev–Trinajstić information content (AvgIpc) is 2.88. The van der Waals surface area contributed by atoms with Crippen LogP contribution in [0.3, 0.4) is 0 Å². The lowest BCUT2D eigenvalue weighted by atomic mass is 9.80. The molecule has 0 unspecified atom stereocenters. The number of benzene rings is 2. The van der Waals surface area contributed by atoms with E-state index in [-0.39, 0.29) is 10.8 Å². The van der Waals surface area contributed by atoms with Crippen molar-refractivity contribution < 1.29 is 32.2 Å². The van der Waals surface area contributed by atoms with Crippen molar-refractivity contribution in [3.63, 3.8) is 0 Å². The fraction of sp³-hybridized carbons (Fsp3) is 0.480. The zero-order chi connectivity index (χ0) is 24.2. The van der Waals surface area contributed by atoms with E-state index in [1.807, 2.05) is 24.3 Å². The maximum atomic E-state index is 13.1. The van der Waals surface area contributed by atoms with Crippen LogP contribution in [0, 0.1) is 5.92 Å². The van der Waals surface area contributed by atoms with E-state index in [0.29, 0.717) is 38.9 Å². The van der Waals surface area contributed by atoms with Crippen LogP contribution in [-0.4, -0.2) is 53.6 Å². The summed E-state index contributed by atoms with van der Waals surface area (Å²) in [4.78, 5) is 12.6. The van der Waals surface area contributed by atoms with Crippen molar-refractivity contribution in [1.82, 2.24) is 4.72 Å². The van der Waals surface area contributed by atoms with Gasteiger partial charge >= 0.3 is 5.97 Å². The molecule has 8 nitrogen and oxygen atoms in total. The van der Waals surface area contributed by atoms with Gasteiger partial charge in [-0.3, -0.25) is 4.79 Å². The molecule has 0 amide bonds. The van der Waals surface area contributed by atoms with Gasteiger partial charge in [-0.05, 0) is 60.6 Å². The highest BCUT2D eigenvalue weighted by Gasteiger charge is 2.43. The second-order valence-corrected chi connectivity index (χ2v) is 10.4. The Kier molecular flexibility index (Phi) is 7.57. The molecule has 2 aliphatic rings. The number of methoxy groups -OCH3 is 2. The quantitative estimate of drug-likeness (QED) is 0.594. The van der Waals surface area contributed by atoms with Gasteiger partial charge < -0.3 is 18.9 Å². The van der Waals surface area contributed by atoms with Gasteiger partial charge in [-0.25, -0.2) is 8.42 Å². The van der Waals surface area contributed by atoms with Crippen LogP contribution in [0.5, 0.6) is 5.75 Å². The van der Waals surface area contributed by atoms with Gasteiger partial charge in [-0.15, -0.1) is 0 Å². The van der Waals surface area contributed by atoms with E-state index >= 15 is 0 Å². The Bertz CT molecular complexity index is 1070. The molecule has 1 atom stereocenters. The number of sulfonamides is 1. The molecular weight excluding hydrogens is 458 g/mol. The molecule has 1 N–H and O–H groups in total. The summed E-state index contributed by atoms with van der Waals surface area (Å²) in [6.07, 6.45) is 3.29. The van der Waals surface area contributed by atoms with Crippen molar-refractivity contribution in [1.29, 1.82) is 0 Å². The molecule has 184 valence electrons. The molecule has 1 saturated heterocycles. The number of esters is 1. The molecule has 1 saturated carbocycles. The summed E-state index contributed by atoms with van der Waals surface area (Å²) >= 11 is 0. The van der Waals surface area contributed by atoms with Crippen molar-refractivity contribution in [3.05, 3.63) is 48.5 Å². The molecule has 0 radical (unpaired) electrons. The number of nitrogens with one attached hydrogen (secondary N) is 1. The first-order valence-corrected chi connectivity index (χ1v) is 13.0. The smallest absolute Gasteiger partial charge is 0.324 e. The van der Waals surface area contributed by atoms with Crippen LogP contribution in [-0.2, 0) is 29.0 Å². The molecule has 0 aromatic heterocycles. The zero-order valence-corrected chi connectivity index (χ0v) is 20.3. The van der Waals surface area contributed by atoms with Gasteiger partial charge in [0.05, 0.1) is 32.3 Å². The lowest BCUT2D eigenvalue weighted by molar-refractivity contribution is -0.283. The molecule has 2 aromatic rings. The molecule has 1 aliphatic carbocycles. The minimum Gasteiger partial charge on any atom is -0.497 e. The minimum absolute atomic E-state index is 0.0879. The Hall–Kier alpha value is -2.46. The third-order valence-corrected chi connectivity index (χ3v) is 8.06. The van der Waals surface area contributed by atoms with Crippen molar-refractivity contribution >= 4 is 16.0 Å². The number of ether oxygens (including phenoxy) is 4. The maximum Gasteiger partial charge on any atom is 0.324 e. The highest BCUT2D eigenvalue weighted by atomic mass is 32.2. The Morgan fingerprint density at radius 1 is 0.971 bits per heavy atom. The second kappa shape index (κ2) is 10.4. The zero-order valence-electron chi connectivity index (χ0n) is 19.5. The van der Waals surface area contributed by atoms with Crippen molar-refractivity contribution in [2.45, 2.75) is 48.8 Å². The predicted octanol–water partition coefficient (Wildman–Crippen LogP) is 3.51. The highest BCUT2D eigenvalue weighted by Crippen LogP contribution is 2.39. The normalized spacial score (nSPS) is 19.5. The summed E-state index contributed by atoms with van der Waals surface area (Å²) in [5, 5.41) is 0. The monoisotopic (exact) mass is 489 g/mol. The van der Waals surface area contributed by atoms with Crippen LogP contribution >= 0.6 is 0 Å². The van der Waals surface area contributed by atoms with Gasteiger partial charge in [0, 0.05) is 12.8 Å². The van der Waals surface area contributed by atoms with Crippen molar-refractivity contribution in [2.75, 3.05) is 27.4 Å². The summed E-state index contributed by atoms with van der Waals surface area (Å²) in [5.41, 5.74) is 1.81. The van der Waals surface area contributed by atoms with Gasteiger partial charge in [-0.2, -0.15) is 4.72 Å². The number of hydrogen-bond donors (Lipinski definition) is 1. The van der Waals surface area contributed by atoms with E-state index in [0.717, 1.165) is 23.3 Å². The molecular formula is C25H31NO7S. The van der Waals surface area contributed by atoms with E-state index in [1.165, 1.54) is 19.2 Å². The van der Waals surface area contributed by atoms with Crippen LogP contribution in [0.2, 0.25) is 0 Å². The number of carbonyl (C=O) groups is 1. The number of carbonyl (C=O) groups excluding carboxylic acids is 1. The third-order valence-electron chi connectivity index (χ3n) is 6.61. The second-order valence-electron chi connectivity index (χ2n) is 8.67. The van der Waals surface area contributed by atoms with Crippen molar-refractivity contribution in [2.24, 2.45) is 5.92 Å². The van der Waals surface area contributed by atoms with E-state index < -0.39 is 27.8 Å². The summed E-state index contributed by atoms with van der Waals surface area (Å²) in [6.45, 7) is 1.31. The Balaban J connectivity index is 1.47. The van der Waals surface area contributed by atoms with Gasteiger partial charge in [0.15, 0.2) is 5.79 Å². The predicted molar refractivity (Wildman–Crippen MR) is 126 cm³/mol. The van der Waals surface area contributed by atoms with Crippen LogP contribution < -0.4 is 9.46 Å². The number of hydrogen-bond acceptors (Lipinski definition) is 7. The lowest BCUT2D eigenvalue weighted by Crippen LogP contribution is -2.51. The average molecular weight is 490 g/mol. The molecule has 1 heterocycles. The summed E-state index contributed by atoms with van der Waals surface area (Å²) < 4.78 is 50.7. The van der Waals surface area contributed by atoms with Gasteiger partial charge in [-0.1, -0.05) is 24.3 Å². The fourth-order valence-electron chi connectivity index (χ4n) is 4.63. The first kappa shape index (κ1) is 24.7. The highest BCUT2D eigenvalue weighted by molar-refractivity contribution is 7.89. The fourth-order valence-corrected chi connectivity index (χ4v) is 5.88. The van der Waals surface area contributed by atoms with Gasteiger partial charge in [0.2, 0.25) is 10.0 Å². The first-order valence-electron chi connectivity index (χ1n) is 11.5. The lowest BCUT2D eigenvalue weighted by Gasteiger charge is -2.43. The summed E-state index contributed by atoms with van der Waals surface area (Å²) in [7, 11) is -1.07. The summed E-state index contributed by atoms with van der Waals surface area (Å²) in [5.74, 6) is -0.660. The molecule has 4 rings (SSSR count). The maximum absolute atomic E-state index is 13.1. The molecule has 1 aliphatic heterocycles. The van der Waals surface area contributed by atoms with Gasteiger partial charge in [0.25, 0.3) is 0 Å². The van der Waals surface area contributed by atoms with E-state index in [4.69, 9.17) is 18.9 Å². The Labute approximate surface area is 200 Å². The Morgan fingerprint density at radius 3 is 2.06 bits per heavy atom. The topological polar surface area (TPSA) is 100 Å². The molecule has 9 heteroatoms. The Morgan fingerprint density at radius 2 is 1.53 bits per heavy atom. The SMILES string of the molecule is COC(=O)[C@H](NS(=O)(=O)c1ccc(-c2ccc(OC)cc2)cc1)C1CCC2(CC1)OCCCO2. The largest absolute Gasteiger partial charge is 0.497 e. The molecule has 2 aromatic carbocycles. The van der Waals surface area contributed by atoms with E-state index in [2.05, 4.69) is 4.72 Å². The first-order chi connectivity index (χ1) is 16.4. The van der Waals surface area contributed by atoms with E-state index in [1.54, 1.807) is 19.2 Å².